The lowest BCUT2D eigenvalue weighted by Gasteiger charge is -2.63. The first-order valence-electron chi connectivity index (χ1n) is 16.0. The summed E-state index contributed by atoms with van der Waals surface area (Å²) in [6.07, 6.45) is 9.03. The molecule has 3 N–H and O–H groups in total. The number of aromatic nitrogens is 1. The first-order valence-corrected chi connectivity index (χ1v) is 16.7. The molecule has 3 atom stereocenters. The van der Waals surface area contributed by atoms with Crippen molar-refractivity contribution < 1.29 is 24.2 Å². The lowest BCUT2D eigenvalue weighted by Crippen LogP contribution is -2.57. The third-order valence-corrected chi connectivity index (χ3v) is 13.1. The number of hydrogen-bond donors (Lipinski definition) is 3. The molecule has 0 unspecified atom stereocenters. The molecule has 44 heavy (non-hydrogen) atoms. The van der Waals surface area contributed by atoms with E-state index in [1.54, 1.807) is 18.2 Å². The maximum Gasteiger partial charge on any atom is 0.236 e. The average molecular weight is 644 g/mol. The molecule has 2 heterocycles. The highest BCUT2D eigenvalue weighted by Crippen LogP contribution is 2.73. The molecule has 236 valence electrons. The second-order valence-corrected chi connectivity index (χ2v) is 16.6. The zero-order chi connectivity index (χ0) is 31.3. The average Bonchev–Trinajstić information content (AvgIpc) is 3.40. The molecule has 4 saturated carbocycles. The fourth-order valence-electron chi connectivity index (χ4n) is 10.7. The summed E-state index contributed by atoms with van der Waals surface area (Å²) >= 11 is 12.7. The monoisotopic (exact) mass is 642 g/mol. The summed E-state index contributed by atoms with van der Waals surface area (Å²) in [5.41, 5.74) is -0.202. The number of pyridine rings is 1. The lowest BCUT2D eigenvalue weighted by molar-refractivity contribution is -0.167. The zero-order valence-corrected chi connectivity index (χ0v) is 26.9. The molecule has 4 fully saturated rings. The lowest BCUT2D eigenvalue weighted by atomic mass is 9.42. The molecule has 1 aromatic heterocycles. The molecule has 1 aromatic carbocycles. The summed E-state index contributed by atoms with van der Waals surface area (Å²) in [5, 5.41) is 22.9. The van der Waals surface area contributed by atoms with E-state index in [1.165, 1.54) is 6.20 Å². The Kier molecular flexibility index (Phi) is 7.10. The number of nitrogens with one attached hydrogen (secondary N) is 1. The van der Waals surface area contributed by atoms with Crippen LogP contribution in [0.5, 0.6) is 0 Å². The SMILES string of the molecule is CC1(C)CCC2(CC1)C[C@@H](C(=O)CC1CC3(C1)CC(CO)(CO)C3)[C@H](c1ccnc(Cl)c1F)[C@]21C(=O)Nc2cc(Cl)ccc21. The van der Waals surface area contributed by atoms with Crippen LogP contribution in [0.25, 0.3) is 0 Å². The van der Waals surface area contributed by atoms with Gasteiger partial charge in [-0.05, 0) is 109 Å². The number of aliphatic hydroxyl groups is 2. The van der Waals surface area contributed by atoms with Crippen molar-refractivity contribution in [2.45, 2.75) is 89.4 Å². The van der Waals surface area contributed by atoms with Gasteiger partial charge in [0.25, 0.3) is 0 Å². The first-order chi connectivity index (χ1) is 20.8. The number of amides is 1. The molecular formula is C35H41Cl2FN2O4. The molecule has 0 saturated heterocycles. The van der Waals surface area contributed by atoms with Crippen molar-refractivity contribution in [3.05, 3.63) is 57.6 Å². The Morgan fingerprint density at radius 2 is 1.73 bits per heavy atom. The van der Waals surface area contributed by atoms with Crippen LogP contribution in [0.4, 0.5) is 10.1 Å². The molecule has 7 rings (SSSR count). The van der Waals surface area contributed by atoms with Gasteiger partial charge in [0.2, 0.25) is 5.91 Å². The highest BCUT2D eigenvalue weighted by Gasteiger charge is 2.72. The van der Waals surface area contributed by atoms with Gasteiger partial charge in [-0.1, -0.05) is 43.1 Å². The summed E-state index contributed by atoms with van der Waals surface area (Å²) in [7, 11) is 0. The van der Waals surface area contributed by atoms with E-state index >= 15 is 4.39 Å². The maximum absolute atomic E-state index is 16.1. The normalized spacial score (nSPS) is 30.7. The molecule has 1 aliphatic heterocycles. The minimum absolute atomic E-state index is 0.0195. The van der Waals surface area contributed by atoms with Gasteiger partial charge < -0.3 is 15.5 Å². The standard InChI is InChI=1S/C35H41Cl2FN2O4/c1-31(2)6-8-34(9-7-31)15-23(26(43)11-20-13-32(14-20)16-33(17-32,18-41)19-42)27(22-5-10-39-29(37)28(22)38)35(34)24-4-3-21(36)12-25(24)40-30(35)44/h3-5,10,12,20,23,27,41-42H,6-9,11,13-19H2,1-2H3,(H,40,44)/t23-,27-,35+/m0/s1. The van der Waals surface area contributed by atoms with Crippen molar-refractivity contribution in [1.29, 1.82) is 0 Å². The Hall–Kier alpha value is -2.06. The molecule has 2 aromatic rings. The van der Waals surface area contributed by atoms with Crippen LogP contribution in [-0.4, -0.2) is 40.1 Å². The summed E-state index contributed by atoms with van der Waals surface area (Å²) in [4.78, 5) is 33.1. The van der Waals surface area contributed by atoms with Gasteiger partial charge in [-0.2, -0.15) is 0 Å². The van der Waals surface area contributed by atoms with Crippen LogP contribution < -0.4 is 5.32 Å². The summed E-state index contributed by atoms with van der Waals surface area (Å²) in [6.45, 7) is 4.46. The van der Waals surface area contributed by atoms with Gasteiger partial charge in [0.15, 0.2) is 11.0 Å². The van der Waals surface area contributed by atoms with E-state index in [2.05, 4.69) is 24.1 Å². The summed E-state index contributed by atoms with van der Waals surface area (Å²) < 4.78 is 16.1. The van der Waals surface area contributed by atoms with Gasteiger partial charge in [-0.15, -0.1) is 0 Å². The number of carbonyl (C=O) groups is 2. The second kappa shape index (κ2) is 10.2. The van der Waals surface area contributed by atoms with Crippen molar-refractivity contribution in [3.63, 3.8) is 0 Å². The van der Waals surface area contributed by atoms with Gasteiger partial charge in [0.1, 0.15) is 5.78 Å². The molecule has 0 radical (unpaired) electrons. The number of Topliss-reactive ketones (excluding diaryl/α,β-unsaturated/α-hetero) is 1. The maximum atomic E-state index is 16.1. The topological polar surface area (TPSA) is 99.5 Å². The molecule has 0 bridgehead atoms. The van der Waals surface area contributed by atoms with E-state index in [0.29, 0.717) is 23.6 Å². The number of fused-ring (bicyclic) bond motifs is 3. The number of aliphatic hydroxyl groups excluding tert-OH is 2. The Bertz CT molecular complexity index is 1510. The smallest absolute Gasteiger partial charge is 0.236 e. The Labute approximate surface area is 268 Å². The Morgan fingerprint density at radius 1 is 1.05 bits per heavy atom. The number of rotatable bonds is 6. The van der Waals surface area contributed by atoms with Crippen LogP contribution in [0.15, 0.2) is 30.5 Å². The highest BCUT2D eigenvalue weighted by atomic mass is 35.5. The van der Waals surface area contributed by atoms with Gasteiger partial charge in [-0.3, -0.25) is 9.59 Å². The summed E-state index contributed by atoms with van der Waals surface area (Å²) in [6, 6.07) is 7.06. The summed E-state index contributed by atoms with van der Waals surface area (Å²) in [5.74, 6) is -1.89. The molecule has 6 nitrogen and oxygen atoms in total. The van der Waals surface area contributed by atoms with Crippen LogP contribution in [0.2, 0.25) is 10.2 Å². The fraction of sp³-hybridized carbons (Fsp3) is 0.629. The number of nitrogens with zero attached hydrogens (tertiary/aromatic N) is 1. The molecule has 1 amide bonds. The van der Waals surface area contributed by atoms with Crippen molar-refractivity contribution in [3.8, 4) is 0 Å². The van der Waals surface area contributed by atoms with E-state index in [0.717, 1.165) is 56.9 Å². The minimum Gasteiger partial charge on any atom is -0.396 e. The Morgan fingerprint density at radius 3 is 2.39 bits per heavy atom. The van der Waals surface area contributed by atoms with E-state index in [1.807, 2.05) is 6.07 Å². The minimum atomic E-state index is -1.16. The number of benzene rings is 1. The van der Waals surface area contributed by atoms with Gasteiger partial charge in [-0.25, -0.2) is 9.37 Å². The first kappa shape index (κ1) is 30.6. The van der Waals surface area contributed by atoms with Crippen molar-refractivity contribution in [2.24, 2.45) is 33.5 Å². The predicted octanol–water partition coefficient (Wildman–Crippen LogP) is 7.23. The number of anilines is 1. The molecule has 4 aliphatic carbocycles. The largest absolute Gasteiger partial charge is 0.396 e. The number of ketones is 1. The van der Waals surface area contributed by atoms with E-state index in [9.17, 15) is 19.8 Å². The number of hydrogen-bond acceptors (Lipinski definition) is 5. The highest BCUT2D eigenvalue weighted by molar-refractivity contribution is 6.31. The van der Waals surface area contributed by atoms with Crippen LogP contribution >= 0.6 is 23.2 Å². The van der Waals surface area contributed by atoms with Crippen LogP contribution in [0.3, 0.4) is 0 Å². The molecular weight excluding hydrogens is 602 g/mol. The third-order valence-electron chi connectivity index (χ3n) is 12.6. The van der Waals surface area contributed by atoms with Crippen LogP contribution in [0, 0.1) is 39.3 Å². The van der Waals surface area contributed by atoms with Gasteiger partial charge >= 0.3 is 0 Å². The zero-order valence-electron chi connectivity index (χ0n) is 25.4. The number of halogens is 3. The predicted molar refractivity (Wildman–Crippen MR) is 167 cm³/mol. The van der Waals surface area contributed by atoms with Crippen molar-refractivity contribution >= 4 is 40.6 Å². The Balaban J connectivity index is 1.30. The molecule has 5 aliphatic rings. The molecule has 9 heteroatoms. The quantitative estimate of drug-likeness (QED) is 0.289. The fourth-order valence-corrected chi connectivity index (χ4v) is 11.1. The molecule has 3 spiro atoms. The van der Waals surface area contributed by atoms with Crippen LogP contribution in [-0.2, 0) is 15.0 Å². The van der Waals surface area contributed by atoms with E-state index in [4.69, 9.17) is 23.2 Å². The van der Waals surface area contributed by atoms with Crippen molar-refractivity contribution in [2.75, 3.05) is 18.5 Å². The van der Waals surface area contributed by atoms with Gasteiger partial charge in [0, 0.05) is 40.6 Å². The third kappa shape index (κ3) is 4.28. The second-order valence-electron chi connectivity index (χ2n) is 15.8. The van der Waals surface area contributed by atoms with E-state index < -0.39 is 33.9 Å². The number of carbonyl (C=O) groups excluding carboxylic acids is 2. The van der Waals surface area contributed by atoms with Crippen LogP contribution in [0.1, 0.15) is 95.1 Å². The van der Waals surface area contributed by atoms with Gasteiger partial charge in [0.05, 0.1) is 18.6 Å². The van der Waals surface area contributed by atoms with Crippen molar-refractivity contribution in [1.82, 2.24) is 4.98 Å². The van der Waals surface area contributed by atoms with E-state index in [-0.39, 0.29) is 52.4 Å².